The first kappa shape index (κ1) is 41.6. The number of aliphatic hydroxyl groups is 1. The number of likely N-dealkylation sites (tertiary alicyclic amines) is 2. The van der Waals surface area contributed by atoms with Gasteiger partial charge in [-0.3, -0.25) is 9.80 Å². The van der Waals surface area contributed by atoms with Crippen molar-refractivity contribution in [2.75, 3.05) is 14.1 Å². The maximum atomic E-state index is 12.2. The van der Waals surface area contributed by atoms with E-state index in [1.807, 2.05) is 0 Å². The van der Waals surface area contributed by atoms with Gasteiger partial charge >= 0.3 is 11.9 Å². The Kier molecular flexibility index (Phi) is 12.1. The Bertz CT molecular complexity index is 1180. The van der Waals surface area contributed by atoms with Crippen molar-refractivity contribution >= 4 is 11.9 Å². The van der Waals surface area contributed by atoms with Crippen LogP contribution in [-0.2, 0) is 9.47 Å². The number of ether oxygens (including phenoxy) is 2. The second kappa shape index (κ2) is 14.3. The number of aliphatic hydroxyl groups excluding tert-OH is 1. The monoisotopic (exact) mass is 689 g/mol. The average Bonchev–Trinajstić information content (AvgIpc) is 2.90. The lowest BCUT2D eigenvalue weighted by Gasteiger charge is -2.51. The first-order valence-electron chi connectivity index (χ1n) is 19.1. The van der Waals surface area contributed by atoms with Crippen LogP contribution in [0.1, 0.15) is 155 Å². The molecule has 282 valence electrons. The zero-order valence-electron chi connectivity index (χ0n) is 34.7. The summed E-state index contributed by atoms with van der Waals surface area (Å²) in [5.74, 6) is -0.999. The summed E-state index contributed by atoms with van der Waals surface area (Å²) >= 11 is 0. The molecule has 1 aliphatic carbocycles. The number of esters is 2. The fourth-order valence-electron chi connectivity index (χ4n) is 9.14. The van der Waals surface area contributed by atoms with Gasteiger partial charge in [-0.15, -0.1) is 0 Å². The molecule has 0 aromatic rings. The van der Waals surface area contributed by atoms with Gasteiger partial charge < -0.3 is 24.2 Å². The highest BCUT2D eigenvalue weighted by Crippen LogP contribution is 2.48. The van der Waals surface area contributed by atoms with Crippen LogP contribution in [0.4, 0.5) is 0 Å². The Morgan fingerprint density at radius 1 is 0.776 bits per heavy atom. The van der Waals surface area contributed by atoms with Gasteiger partial charge in [0, 0.05) is 53.8 Å². The van der Waals surface area contributed by atoms with Gasteiger partial charge in [0.05, 0.1) is 0 Å². The number of rotatable bonds is 9. The van der Waals surface area contributed by atoms with Crippen LogP contribution in [0.25, 0.3) is 0 Å². The summed E-state index contributed by atoms with van der Waals surface area (Å²) in [6.45, 7) is 32.9. The van der Waals surface area contributed by atoms with E-state index in [9.17, 15) is 14.7 Å². The molecule has 0 amide bonds. The molecule has 0 saturated carbocycles. The summed E-state index contributed by atoms with van der Waals surface area (Å²) in [4.78, 5) is 29.3. The highest BCUT2D eigenvalue weighted by molar-refractivity contribution is 5.96. The van der Waals surface area contributed by atoms with Crippen LogP contribution >= 0.6 is 0 Å². The van der Waals surface area contributed by atoms with Gasteiger partial charge in [-0.25, -0.2) is 0 Å². The van der Waals surface area contributed by atoms with Crippen LogP contribution in [0.2, 0.25) is 0 Å². The topological polar surface area (TPSA) is 88.0 Å². The highest BCUT2D eigenvalue weighted by atomic mass is 16.6. The zero-order chi connectivity index (χ0) is 37.7. The van der Waals surface area contributed by atoms with E-state index in [4.69, 9.17) is 9.47 Å². The predicted octanol–water partition coefficient (Wildman–Crippen LogP) is 9.60. The van der Waals surface area contributed by atoms with Gasteiger partial charge in [0.25, 0.3) is 5.92 Å². The van der Waals surface area contributed by atoms with Gasteiger partial charge in [0.1, 0.15) is 5.76 Å². The van der Waals surface area contributed by atoms with Crippen LogP contribution in [0.5, 0.6) is 0 Å². The summed E-state index contributed by atoms with van der Waals surface area (Å²) < 4.78 is 13.3. The molecule has 0 spiro atoms. The van der Waals surface area contributed by atoms with E-state index in [2.05, 4.69) is 134 Å². The maximum Gasteiger partial charge on any atom is 0.504 e. The average molecular weight is 689 g/mol. The van der Waals surface area contributed by atoms with E-state index < -0.39 is 5.92 Å². The van der Waals surface area contributed by atoms with Gasteiger partial charge in [-0.05, 0) is 110 Å². The van der Waals surface area contributed by atoms with E-state index in [1.165, 1.54) is 0 Å². The van der Waals surface area contributed by atoms with Crippen molar-refractivity contribution < 1.29 is 24.2 Å². The SMILES string of the molecule is CCCCC(C1C=C(C(C)(C)C)C(O)=C(C(C)(C)C)C1)C(C(=[OH+])OC1CC(C)(C)N(C)C(C)(C)C1)C(=[OH+])OC1CC(C)(C)N(C)C(C)(C)C1. The van der Waals surface area contributed by atoms with E-state index in [-0.39, 0.29) is 69.0 Å². The summed E-state index contributed by atoms with van der Waals surface area (Å²) in [5.41, 5.74) is 0.883. The molecule has 2 unspecified atom stereocenters. The van der Waals surface area contributed by atoms with Crippen LogP contribution in [0, 0.1) is 28.6 Å². The van der Waals surface area contributed by atoms with Crippen molar-refractivity contribution in [1.29, 1.82) is 0 Å². The van der Waals surface area contributed by atoms with Gasteiger partial charge in [0.2, 0.25) is 0 Å². The quantitative estimate of drug-likeness (QED) is 0.148. The Morgan fingerprint density at radius 2 is 1.16 bits per heavy atom. The van der Waals surface area contributed by atoms with Crippen molar-refractivity contribution in [3.63, 3.8) is 0 Å². The van der Waals surface area contributed by atoms with Crippen LogP contribution in [0.15, 0.2) is 23.0 Å². The normalized spacial score (nSPS) is 26.6. The third-order valence-electron chi connectivity index (χ3n) is 12.6. The largest absolute Gasteiger partial charge is 0.508 e. The van der Waals surface area contributed by atoms with Gasteiger partial charge in [-0.1, -0.05) is 67.4 Å². The fourth-order valence-corrected chi connectivity index (χ4v) is 9.14. The van der Waals surface area contributed by atoms with E-state index >= 15 is 0 Å². The first-order valence-corrected chi connectivity index (χ1v) is 19.1. The minimum atomic E-state index is -0.841. The van der Waals surface area contributed by atoms with E-state index in [1.54, 1.807) is 0 Å². The van der Waals surface area contributed by atoms with Crippen molar-refractivity contribution in [2.24, 2.45) is 28.6 Å². The lowest BCUT2D eigenvalue weighted by atomic mass is 9.66. The van der Waals surface area contributed by atoms with E-state index in [0.29, 0.717) is 12.2 Å². The molecule has 0 aromatic heterocycles. The Balaban J connectivity index is 2.12. The van der Waals surface area contributed by atoms with Crippen molar-refractivity contribution in [3.8, 4) is 0 Å². The van der Waals surface area contributed by atoms with Crippen molar-refractivity contribution in [2.45, 2.75) is 190 Å². The Hall–Kier alpha value is -1.86. The number of allylic oxidation sites excluding steroid dienone is 3. The molecule has 2 heterocycles. The summed E-state index contributed by atoms with van der Waals surface area (Å²) in [6, 6.07) is 0. The molecule has 0 radical (unpaired) electrons. The number of hydrogen-bond acceptors (Lipinski definition) is 5. The van der Waals surface area contributed by atoms with Crippen LogP contribution < -0.4 is 0 Å². The first-order chi connectivity index (χ1) is 22.0. The van der Waals surface area contributed by atoms with Gasteiger partial charge in [0.15, 0.2) is 12.2 Å². The molecule has 2 saturated heterocycles. The number of piperidine rings is 2. The second-order valence-corrected chi connectivity index (χ2v) is 20.4. The third-order valence-corrected chi connectivity index (χ3v) is 12.6. The molecule has 0 bridgehead atoms. The number of nitrogens with zero attached hydrogens (tertiary/aromatic N) is 2. The lowest BCUT2D eigenvalue weighted by Crippen LogP contribution is -2.61. The molecule has 7 heteroatoms. The number of hydrogen-bond donors (Lipinski definition) is 1. The Morgan fingerprint density at radius 3 is 1.49 bits per heavy atom. The lowest BCUT2D eigenvalue weighted by molar-refractivity contribution is -0.0678. The fraction of sp³-hybridized carbons (Fsp3) is 0.857. The summed E-state index contributed by atoms with van der Waals surface area (Å²) in [6.07, 6.45) is 8.14. The molecular formula is C42H76N2O5+2. The molecule has 2 aliphatic heterocycles. The molecular weight excluding hydrogens is 612 g/mol. The molecule has 49 heavy (non-hydrogen) atoms. The molecule has 7 nitrogen and oxygen atoms in total. The van der Waals surface area contributed by atoms with Crippen LogP contribution in [-0.4, -0.2) is 84.9 Å². The molecule has 0 aromatic carbocycles. The summed E-state index contributed by atoms with van der Waals surface area (Å²) in [7, 11) is 4.33. The van der Waals surface area contributed by atoms with E-state index in [0.717, 1.165) is 56.1 Å². The number of carbonyl (C=O) groups excluding carboxylic acids is 2. The smallest absolute Gasteiger partial charge is 0.504 e. The summed E-state index contributed by atoms with van der Waals surface area (Å²) in [5, 5.41) is 11.6. The minimum Gasteiger partial charge on any atom is -0.508 e. The minimum absolute atomic E-state index is 0.0526. The highest BCUT2D eigenvalue weighted by Gasteiger charge is 2.56. The number of unbranched alkanes of at least 4 members (excludes halogenated alkanes) is 1. The van der Waals surface area contributed by atoms with Gasteiger partial charge in [-0.2, -0.15) is 0 Å². The van der Waals surface area contributed by atoms with Crippen LogP contribution in [0.3, 0.4) is 0 Å². The molecule has 3 N–H and O–H groups in total. The molecule has 3 aliphatic rings. The molecule has 2 atom stereocenters. The maximum absolute atomic E-state index is 12.2. The standard InChI is InChI=1S/C42H74N2O5/c1-18-19-20-30(27-21-31(37(2,3)4)34(45)32(22-27)38(5,6)7)33(35(46)48-28-23-39(8,9)43(16)40(10,11)24-28)36(47)49-29-25-41(12,13)44(17)42(14,15)26-29/h21,27-30,33,45H,18-20,22-26H2,1-17H3/p+2. The zero-order valence-corrected chi connectivity index (χ0v) is 34.7. The molecule has 2 fully saturated rings. The van der Waals surface area contributed by atoms with Crippen molar-refractivity contribution in [3.05, 3.63) is 23.0 Å². The third kappa shape index (κ3) is 9.33. The second-order valence-electron chi connectivity index (χ2n) is 20.4. The van der Waals surface area contributed by atoms with Crippen molar-refractivity contribution in [1.82, 2.24) is 9.80 Å². The molecule has 3 rings (SSSR count). The predicted molar refractivity (Wildman–Crippen MR) is 205 cm³/mol. The Labute approximate surface area is 300 Å².